The number of nitrogens with one attached hydrogen (secondary N) is 1. The van der Waals surface area contributed by atoms with E-state index in [0.717, 1.165) is 23.3 Å². The van der Waals surface area contributed by atoms with Crippen molar-refractivity contribution in [1.82, 2.24) is 5.32 Å². The largest absolute Gasteiger partial charge is 0.493 e. The lowest BCUT2D eigenvalue weighted by molar-refractivity contribution is -0.117. The van der Waals surface area contributed by atoms with Crippen LogP contribution < -0.4 is 29.0 Å². The lowest BCUT2D eigenvalue weighted by Crippen LogP contribution is -2.30. The normalized spacial score (nSPS) is 14.1. The molecule has 0 saturated carbocycles. The Morgan fingerprint density at radius 2 is 1.62 bits per heavy atom. The first-order chi connectivity index (χ1) is 15.5. The fraction of sp³-hybridized carbons (Fsp3) is 0.400. The molecule has 1 amide bonds. The molecule has 2 aromatic rings. The fourth-order valence-corrected chi connectivity index (χ4v) is 3.58. The van der Waals surface area contributed by atoms with E-state index < -0.39 is 0 Å². The van der Waals surface area contributed by atoms with Crippen LogP contribution in [0.5, 0.6) is 28.7 Å². The van der Waals surface area contributed by atoms with Crippen LogP contribution in [0.3, 0.4) is 0 Å². The molecule has 7 nitrogen and oxygen atoms in total. The van der Waals surface area contributed by atoms with Gasteiger partial charge in [0.15, 0.2) is 23.0 Å². The third-order valence-electron chi connectivity index (χ3n) is 5.21. The van der Waals surface area contributed by atoms with Gasteiger partial charge in [-0.15, -0.1) is 0 Å². The van der Waals surface area contributed by atoms with Crippen LogP contribution in [0.1, 0.15) is 37.4 Å². The topological polar surface area (TPSA) is 75.3 Å². The van der Waals surface area contributed by atoms with Crippen molar-refractivity contribution in [2.24, 2.45) is 5.92 Å². The van der Waals surface area contributed by atoms with E-state index in [-0.39, 0.29) is 17.9 Å². The Hall–Kier alpha value is -3.35. The van der Waals surface area contributed by atoms with Crippen LogP contribution in [0.15, 0.2) is 36.4 Å². The summed E-state index contributed by atoms with van der Waals surface area (Å²) in [7, 11) is 4.66. The molecule has 0 bridgehead atoms. The second-order valence-electron chi connectivity index (χ2n) is 7.78. The van der Waals surface area contributed by atoms with Crippen LogP contribution in [0, 0.1) is 5.92 Å². The van der Waals surface area contributed by atoms with Crippen molar-refractivity contribution in [3.8, 4) is 28.7 Å². The van der Waals surface area contributed by atoms with Crippen LogP contribution in [0.4, 0.5) is 0 Å². The monoisotopic (exact) mass is 441 g/mol. The fourth-order valence-electron chi connectivity index (χ4n) is 3.58. The van der Waals surface area contributed by atoms with E-state index in [9.17, 15) is 4.79 Å². The number of benzene rings is 2. The van der Waals surface area contributed by atoms with Crippen LogP contribution in [-0.2, 0) is 4.79 Å². The maximum absolute atomic E-state index is 12.7. The number of rotatable bonds is 8. The number of carbonyl (C=O) groups is 1. The average Bonchev–Trinajstić information content (AvgIpc) is 3.05. The number of hydrogen-bond acceptors (Lipinski definition) is 6. The van der Waals surface area contributed by atoms with E-state index in [4.69, 9.17) is 23.7 Å². The molecule has 172 valence electrons. The molecule has 0 aromatic heterocycles. The summed E-state index contributed by atoms with van der Waals surface area (Å²) in [4.78, 5) is 12.7. The number of carbonyl (C=O) groups excluding carboxylic acids is 1. The Morgan fingerprint density at radius 1 is 0.969 bits per heavy atom. The molecule has 1 aliphatic rings. The highest BCUT2D eigenvalue weighted by Gasteiger charge is 2.20. The van der Waals surface area contributed by atoms with E-state index in [1.54, 1.807) is 39.5 Å². The Bertz CT molecular complexity index is 944. The van der Waals surface area contributed by atoms with Gasteiger partial charge < -0.3 is 29.0 Å². The molecular formula is C25H31NO6. The summed E-state index contributed by atoms with van der Waals surface area (Å²) in [6.45, 7) is 5.39. The van der Waals surface area contributed by atoms with Crippen LogP contribution in [0.25, 0.3) is 6.08 Å². The van der Waals surface area contributed by atoms with Crippen molar-refractivity contribution < 1.29 is 28.5 Å². The molecule has 3 rings (SSSR count). The molecule has 0 saturated heterocycles. The number of hydrogen-bond donors (Lipinski definition) is 1. The Balaban J connectivity index is 1.77. The van der Waals surface area contributed by atoms with Gasteiger partial charge in [0.05, 0.1) is 40.6 Å². The predicted octanol–water partition coefficient (Wildman–Crippen LogP) is 4.40. The number of ether oxygens (including phenoxy) is 5. The van der Waals surface area contributed by atoms with E-state index in [1.165, 1.54) is 6.08 Å². The minimum atomic E-state index is -0.204. The van der Waals surface area contributed by atoms with Crippen LogP contribution >= 0.6 is 0 Å². The third-order valence-corrected chi connectivity index (χ3v) is 5.21. The van der Waals surface area contributed by atoms with Crippen molar-refractivity contribution in [3.05, 3.63) is 47.5 Å². The molecular weight excluding hydrogens is 410 g/mol. The van der Waals surface area contributed by atoms with Crippen LogP contribution in [0.2, 0.25) is 0 Å². The SMILES string of the molecule is COc1cc(/C=C/C(=O)N[C@H](c2ccc3c(c2)OCCCO3)C(C)C)cc(OC)c1OC. The molecule has 0 aliphatic carbocycles. The zero-order valence-corrected chi connectivity index (χ0v) is 19.3. The lowest BCUT2D eigenvalue weighted by atomic mass is 9.95. The minimum Gasteiger partial charge on any atom is -0.493 e. The second-order valence-corrected chi connectivity index (χ2v) is 7.78. The molecule has 0 unspecified atom stereocenters. The summed E-state index contributed by atoms with van der Waals surface area (Å²) in [6.07, 6.45) is 4.06. The third kappa shape index (κ3) is 5.46. The van der Waals surface area contributed by atoms with E-state index in [2.05, 4.69) is 19.2 Å². The average molecular weight is 442 g/mol. The Morgan fingerprint density at radius 3 is 2.22 bits per heavy atom. The molecule has 1 heterocycles. The molecule has 32 heavy (non-hydrogen) atoms. The minimum absolute atomic E-state index is 0.177. The summed E-state index contributed by atoms with van der Waals surface area (Å²) in [5.41, 5.74) is 1.73. The number of amides is 1. The maximum atomic E-state index is 12.7. The smallest absolute Gasteiger partial charge is 0.244 e. The van der Waals surface area contributed by atoms with Crippen molar-refractivity contribution in [3.63, 3.8) is 0 Å². The van der Waals surface area contributed by atoms with Gasteiger partial charge in [0, 0.05) is 12.5 Å². The van der Waals surface area contributed by atoms with Gasteiger partial charge in [0.25, 0.3) is 0 Å². The van der Waals surface area contributed by atoms with Crippen LogP contribution in [-0.4, -0.2) is 40.5 Å². The van der Waals surface area contributed by atoms with Gasteiger partial charge in [0.1, 0.15) is 0 Å². The summed E-state index contributed by atoms with van der Waals surface area (Å²) < 4.78 is 27.6. The van der Waals surface area contributed by atoms with E-state index in [1.807, 2.05) is 18.2 Å². The van der Waals surface area contributed by atoms with Gasteiger partial charge in [0.2, 0.25) is 11.7 Å². The molecule has 7 heteroatoms. The second kappa shape index (κ2) is 10.8. The number of methoxy groups -OCH3 is 3. The standard InChI is InChI=1S/C25H31NO6/c1-16(2)24(18-8-9-19-20(15-18)32-12-6-11-31-19)26-23(27)10-7-17-13-21(28-3)25(30-5)22(14-17)29-4/h7-10,13-16,24H,6,11-12H2,1-5H3,(H,26,27)/b10-7+/t24-/m0/s1. The quantitative estimate of drug-likeness (QED) is 0.612. The maximum Gasteiger partial charge on any atom is 0.244 e. The number of fused-ring (bicyclic) bond motifs is 1. The van der Waals surface area contributed by atoms with Gasteiger partial charge in [-0.3, -0.25) is 4.79 Å². The molecule has 2 aromatic carbocycles. The van der Waals surface area contributed by atoms with Gasteiger partial charge in [-0.25, -0.2) is 0 Å². The first-order valence-corrected chi connectivity index (χ1v) is 10.6. The summed E-state index contributed by atoms with van der Waals surface area (Å²) in [5.74, 6) is 2.99. The zero-order chi connectivity index (χ0) is 23.1. The van der Waals surface area contributed by atoms with E-state index in [0.29, 0.717) is 36.2 Å². The Kier molecular flexibility index (Phi) is 7.87. The molecule has 0 radical (unpaired) electrons. The first kappa shape index (κ1) is 23.3. The van der Waals surface area contributed by atoms with Crippen molar-refractivity contribution in [2.75, 3.05) is 34.5 Å². The van der Waals surface area contributed by atoms with Gasteiger partial charge >= 0.3 is 0 Å². The van der Waals surface area contributed by atoms with Gasteiger partial charge in [-0.05, 0) is 47.4 Å². The molecule has 1 aliphatic heterocycles. The highest BCUT2D eigenvalue weighted by atomic mass is 16.5. The van der Waals surface area contributed by atoms with Crippen molar-refractivity contribution >= 4 is 12.0 Å². The predicted molar refractivity (Wildman–Crippen MR) is 123 cm³/mol. The zero-order valence-electron chi connectivity index (χ0n) is 19.3. The molecule has 0 spiro atoms. The van der Waals surface area contributed by atoms with Gasteiger partial charge in [-0.1, -0.05) is 19.9 Å². The van der Waals surface area contributed by atoms with Gasteiger partial charge in [-0.2, -0.15) is 0 Å². The molecule has 0 fully saturated rings. The highest BCUT2D eigenvalue weighted by Crippen LogP contribution is 2.38. The lowest BCUT2D eigenvalue weighted by Gasteiger charge is -2.23. The molecule has 1 atom stereocenters. The first-order valence-electron chi connectivity index (χ1n) is 10.6. The van der Waals surface area contributed by atoms with Crippen molar-refractivity contribution in [2.45, 2.75) is 26.3 Å². The Labute approximate surface area is 189 Å². The highest BCUT2D eigenvalue weighted by molar-refractivity contribution is 5.92. The summed E-state index contributed by atoms with van der Waals surface area (Å²) in [6, 6.07) is 9.23. The van der Waals surface area contributed by atoms with Crippen molar-refractivity contribution in [1.29, 1.82) is 0 Å². The summed E-state index contributed by atoms with van der Waals surface area (Å²) >= 11 is 0. The van der Waals surface area contributed by atoms with E-state index >= 15 is 0 Å². The summed E-state index contributed by atoms with van der Waals surface area (Å²) in [5, 5.41) is 3.10. The molecule has 1 N–H and O–H groups in total.